The first-order valence-corrected chi connectivity index (χ1v) is 12.9. The summed E-state index contributed by atoms with van der Waals surface area (Å²) in [6.45, 7) is 10.6. The zero-order chi connectivity index (χ0) is 25.8. The van der Waals surface area contributed by atoms with Gasteiger partial charge in [-0.3, -0.25) is 0 Å². The summed E-state index contributed by atoms with van der Waals surface area (Å²) >= 11 is 0. The normalized spacial score (nSPS) is 26.8. The van der Waals surface area contributed by atoms with Crippen molar-refractivity contribution in [2.45, 2.75) is 65.0 Å². The van der Waals surface area contributed by atoms with E-state index < -0.39 is 23.4 Å². The van der Waals surface area contributed by atoms with Gasteiger partial charge in [0.05, 0.1) is 5.52 Å². The van der Waals surface area contributed by atoms with Crippen LogP contribution in [0.25, 0.3) is 33.3 Å². The second-order valence-corrected chi connectivity index (χ2v) is 10.5. The van der Waals surface area contributed by atoms with Gasteiger partial charge in [0, 0.05) is 24.2 Å². The monoisotopic (exact) mass is 497 g/mol. The standard InChI is InChI=1S/C29H34F3N3O/c1-6-35(7-2)27-34-26-23(36-27)13-10-20-15-22(33-25(20)26)19-8-11-21(12-9-19)28(31)16-18(5)14-24(30)29(28,32)17(3)4/h8-13,15,17-18,24,33H,6-7,14,16H2,1-5H3. The van der Waals surface area contributed by atoms with Crippen molar-refractivity contribution in [2.75, 3.05) is 18.0 Å². The van der Waals surface area contributed by atoms with Gasteiger partial charge in [0.1, 0.15) is 11.7 Å². The highest BCUT2D eigenvalue weighted by Gasteiger charge is 2.64. The molecule has 4 nitrogen and oxygen atoms in total. The van der Waals surface area contributed by atoms with E-state index in [0.29, 0.717) is 11.6 Å². The fourth-order valence-corrected chi connectivity index (χ4v) is 5.93. The van der Waals surface area contributed by atoms with E-state index in [0.717, 1.165) is 40.8 Å². The molecule has 0 radical (unpaired) electrons. The molecule has 2 heterocycles. The van der Waals surface area contributed by atoms with Crippen LogP contribution in [0, 0.1) is 11.8 Å². The fourth-order valence-electron chi connectivity index (χ4n) is 5.93. The molecule has 0 aliphatic heterocycles. The summed E-state index contributed by atoms with van der Waals surface area (Å²) < 4.78 is 53.4. The number of aromatic amines is 1. The van der Waals surface area contributed by atoms with Gasteiger partial charge < -0.3 is 14.3 Å². The molecule has 0 saturated heterocycles. The summed E-state index contributed by atoms with van der Waals surface area (Å²) in [4.78, 5) is 10.2. The molecule has 1 fully saturated rings. The van der Waals surface area contributed by atoms with Crippen molar-refractivity contribution in [3.63, 3.8) is 0 Å². The number of alkyl halides is 3. The predicted molar refractivity (Wildman–Crippen MR) is 140 cm³/mol. The van der Waals surface area contributed by atoms with E-state index in [9.17, 15) is 4.39 Å². The van der Waals surface area contributed by atoms with E-state index in [-0.39, 0.29) is 24.3 Å². The largest absolute Gasteiger partial charge is 0.423 e. The van der Waals surface area contributed by atoms with Crippen LogP contribution in [0.15, 0.2) is 46.9 Å². The minimum absolute atomic E-state index is 0.0349. The molecule has 0 spiro atoms. The smallest absolute Gasteiger partial charge is 0.298 e. The zero-order valence-electron chi connectivity index (χ0n) is 21.5. The Morgan fingerprint density at radius 1 is 1.11 bits per heavy atom. The van der Waals surface area contributed by atoms with Gasteiger partial charge in [-0.25, -0.2) is 13.2 Å². The fraction of sp³-hybridized carbons (Fsp3) is 0.483. The molecule has 2 aromatic heterocycles. The number of halogens is 3. The Hall–Kier alpha value is -2.96. The third-order valence-corrected chi connectivity index (χ3v) is 7.97. The van der Waals surface area contributed by atoms with Crippen molar-refractivity contribution in [1.82, 2.24) is 9.97 Å². The van der Waals surface area contributed by atoms with E-state index in [1.807, 2.05) is 18.2 Å². The second-order valence-electron chi connectivity index (χ2n) is 10.5. The lowest BCUT2D eigenvalue weighted by Crippen LogP contribution is -2.59. The number of nitrogens with one attached hydrogen (secondary N) is 1. The molecule has 2 aromatic carbocycles. The maximum Gasteiger partial charge on any atom is 0.298 e. The lowest BCUT2D eigenvalue weighted by molar-refractivity contribution is -0.162. The third-order valence-electron chi connectivity index (χ3n) is 7.97. The molecule has 1 N–H and O–H groups in total. The van der Waals surface area contributed by atoms with Crippen LogP contribution in [-0.2, 0) is 5.67 Å². The van der Waals surface area contributed by atoms with Crippen molar-refractivity contribution in [1.29, 1.82) is 0 Å². The Balaban J connectivity index is 1.53. The number of fused-ring (bicyclic) bond motifs is 3. The van der Waals surface area contributed by atoms with Crippen molar-refractivity contribution >= 4 is 28.0 Å². The molecule has 7 heteroatoms. The van der Waals surface area contributed by atoms with E-state index in [2.05, 4.69) is 23.7 Å². The molecular weight excluding hydrogens is 463 g/mol. The van der Waals surface area contributed by atoms with Gasteiger partial charge in [-0.2, -0.15) is 4.98 Å². The summed E-state index contributed by atoms with van der Waals surface area (Å²) in [6, 6.07) is 13.2. The Kier molecular flexibility index (Phi) is 6.08. The number of benzene rings is 2. The van der Waals surface area contributed by atoms with Gasteiger partial charge in [-0.1, -0.05) is 45.0 Å². The SMILES string of the molecule is CCN(CC)c1nc2c(ccc3cc(-c4ccc(C5(F)CC(C)CC(F)C5(F)C(C)C)cc4)[nH]c32)o1. The molecule has 4 unspecified atom stereocenters. The summed E-state index contributed by atoms with van der Waals surface area (Å²) in [7, 11) is 0. The average molecular weight is 498 g/mol. The van der Waals surface area contributed by atoms with Crippen LogP contribution in [0.1, 0.15) is 53.0 Å². The first kappa shape index (κ1) is 24.7. The molecule has 5 rings (SSSR count). The average Bonchev–Trinajstić information content (AvgIpc) is 3.47. The van der Waals surface area contributed by atoms with Crippen LogP contribution in [0.3, 0.4) is 0 Å². The van der Waals surface area contributed by atoms with Crippen molar-refractivity contribution in [3.8, 4) is 11.3 Å². The lowest BCUT2D eigenvalue weighted by atomic mass is 9.62. The zero-order valence-corrected chi connectivity index (χ0v) is 21.5. The molecule has 0 bridgehead atoms. The Bertz CT molecular complexity index is 1370. The van der Waals surface area contributed by atoms with Gasteiger partial charge >= 0.3 is 0 Å². The number of anilines is 1. The second kappa shape index (κ2) is 8.86. The summed E-state index contributed by atoms with van der Waals surface area (Å²) in [6.07, 6.45) is -1.84. The Morgan fingerprint density at radius 3 is 2.44 bits per heavy atom. The number of H-pyrrole nitrogens is 1. The minimum Gasteiger partial charge on any atom is -0.423 e. The first-order valence-electron chi connectivity index (χ1n) is 12.9. The van der Waals surface area contributed by atoms with Gasteiger partial charge in [0.25, 0.3) is 6.01 Å². The maximum absolute atomic E-state index is 16.5. The van der Waals surface area contributed by atoms with E-state index >= 15 is 8.78 Å². The topological polar surface area (TPSA) is 45.1 Å². The number of nitrogens with zero attached hydrogens (tertiary/aromatic N) is 2. The van der Waals surface area contributed by atoms with Crippen molar-refractivity contribution in [3.05, 3.63) is 48.0 Å². The molecule has 4 atom stereocenters. The molecule has 36 heavy (non-hydrogen) atoms. The Morgan fingerprint density at radius 2 is 1.81 bits per heavy atom. The highest BCUT2D eigenvalue weighted by atomic mass is 19.2. The maximum atomic E-state index is 16.5. The van der Waals surface area contributed by atoms with Crippen LogP contribution >= 0.6 is 0 Å². The number of oxazole rings is 1. The van der Waals surface area contributed by atoms with Gasteiger partial charge in [0.15, 0.2) is 16.9 Å². The predicted octanol–water partition coefficient (Wildman–Crippen LogP) is 8.12. The Labute approximate surface area is 209 Å². The molecule has 4 aromatic rings. The van der Waals surface area contributed by atoms with Crippen LogP contribution < -0.4 is 4.90 Å². The van der Waals surface area contributed by atoms with Crippen molar-refractivity contribution < 1.29 is 17.6 Å². The van der Waals surface area contributed by atoms with Crippen LogP contribution in [-0.4, -0.2) is 34.9 Å². The molecule has 1 aliphatic carbocycles. The van der Waals surface area contributed by atoms with E-state index in [1.54, 1.807) is 45.0 Å². The molecule has 1 aliphatic rings. The van der Waals surface area contributed by atoms with E-state index in [1.165, 1.54) is 0 Å². The van der Waals surface area contributed by atoms with E-state index in [4.69, 9.17) is 9.40 Å². The third kappa shape index (κ3) is 3.61. The van der Waals surface area contributed by atoms with Crippen LogP contribution in [0.2, 0.25) is 0 Å². The van der Waals surface area contributed by atoms with Gasteiger partial charge in [-0.05, 0) is 67.9 Å². The highest BCUT2D eigenvalue weighted by molar-refractivity contribution is 6.03. The molecule has 1 saturated carbocycles. The number of hydrogen-bond donors (Lipinski definition) is 1. The number of aromatic nitrogens is 2. The van der Waals surface area contributed by atoms with Crippen LogP contribution in [0.4, 0.5) is 19.2 Å². The summed E-state index contributed by atoms with van der Waals surface area (Å²) in [5.74, 6) is -1.03. The molecular formula is C29H34F3N3O. The van der Waals surface area contributed by atoms with Gasteiger partial charge in [0.2, 0.25) is 0 Å². The van der Waals surface area contributed by atoms with Crippen molar-refractivity contribution in [2.24, 2.45) is 11.8 Å². The summed E-state index contributed by atoms with van der Waals surface area (Å²) in [5, 5.41) is 0.979. The van der Waals surface area contributed by atoms with Crippen LogP contribution in [0.5, 0.6) is 0 Å². The lowest BCUT2D eigenvalue weighted by Gasteiger charge is -2.49. The first-order chi connectivity index (χ1) is 17.1. The quantitative estimate of drug-likeness (QED) is 0.293. The van der Waals surface area contributed by atoms with Gasteiger partial charge in [-0.15, -0.1) is 0 Å². The highest BCUT2D eigenvalue weighted by Crippen LogP contribution is 2.56. The number of hydrogen-bond acceptors (Lipinski definition) is 3. The molecule has 0 amide bonds. The molecule has 192 valence electrons. The summed E-state index contributed by atoms with van der Waals surface area (Å²) in [5.41, 5.74) is -0.783. The minimum atomic E-state index is -2.57. The number of rotatable bonds is 6.